The SMILES string of the molecule is [2H]c1c([2H])c([2H])c(N(CCN2CCCC2)Cc2ccccc2)c([2H])c1[2H]. The summed E-state index contributed by atoms with van der Waals surface area (Å²) in [5.41, 5.74) is 1.35. The smallest absolute Gasteiger partial charge is 0.0645 e. The van der Waals surface area contributed by atoms with Gasteiger partial charge in [0.15, 0.2) is 0 Å². The number of para-hydroxylation sites is 1. The molecule has 21 heavy (non-hydrogen) atoms. The maximum Gasteiger partial charge on any atom is 0.0645 e. The second-order valence-corrected chi connectivity index (χ2v) is 5.43. The van der Waals surface area contributed by atoms with Crippen LogP contribution in [0.1, 0.15) is 25.3 Å². The largest absolute Gasteiger partial charge is 0.366 e. The van der Waals surface area contributed by atoms with Gasteiger partial charge in [0.1, 0.15) is 0 Å². The number of hydrogen-bond acceptors (Lipinski definition) is 2. The zero-order valence-electron chi connectivity index (χ0n) is 17.2. The van der Waals surface area contributed by atoms with E-state index in [1.165, 1.54) is 12.8 Å². The Bertz CT molecular complexity index is 731. The quantitative estimate of drug-likeness (QED) is 0.797. The van der Waals surface area contributed by atoms with E-state index in [0.29, 0.717) is 18.8 Å². The summed E-state index contributed by atoms with van der Waals surface area (Å²) < 4.78 is 40.3. The molecule has 3 rings (SSSR count). The van der Waals surface area contributed by atoms with Gasteiger partial charge in [0.2, 0.25) is 0 Å². The monoisotopic (exact) mass is 285 g/mol. The fraction of sp³-hybridized carbons (Fsp3) is 0.368. The van der Waals surface area contributed by atoms with Crippen LogP contribution < -0.4 is 4.90 Å². The van der Waals surface area contributed by atoms with Crippen LogP contribution in [0.2, 0.25) is 0 Å². The van der Waals surface area contributed by atoms with Crippen molar-refractivity contribution in [2.24, 2.45) is 0 Å². The molecule has 2 nitrogen and oxygen atoms in total. The van der Waals surface area contributed by atoms with Crippen molar-refractivity contribution >= 4 is 5.69 Å². The molecule has 1 saturated heterocycles. The molecule has 0 unspecified atom stereocenters. The molecule has 0 N–H and O–H groups in total. The molecular weight excluding hydrogens is 256 g/mol. The van der Waals surface area contributed by atoms with Crippen LogP contribution in [0, 0.1) is 0 Å². The highest BCUT2D eigenvalue weighted by molar-refractivity contribution is 5.46. The molecule has 0 bridgehead atoms. The zero-order valence-corrected chi connectivity index (χ0v) is 12.2. The normalized spacial score (nSPS) is 18.6. The average molecular weight is 285 g/mol. The zero-order chi connectivity index (χ0) is 18.7. The molecule has 0 aromatic heterocycles. The molecule has 2 heteroatoms. The van der Waals surface area contributed by atoms with Gasteiger partial charge in [-0.3, -0.25) is 0 Å². The summed E-state index contributed by atoms with van der Waals surface area (Å²) in [5, 5.41) is 0. The number of anilines is 1. The van der Waals surface area contributed by atoms with E-state index in [2.05, 4.69) is 4.90 Å². The van der Waals surface area contributed by atoms with Gasteiger partial charge >= 0.3 is 0 Å². The summed E-state index contributed by atoms with van der Waals surface area (Å²) in [6, 6.07) is 8.69. The third-order valence-corrected chi connectivity index (χ3v) is 3.90. The van der Waals surface area contributed by atoms with Crippen molar-refractivity contribution in [2.45, 2.75) is 19.4 Å². The van der Waals surface area contributed by atoms with E-state index in [9.17, 15) is 0 Å². The molecule has 0 amide bonds. The van der Waals surface area contributed by atoms with Crippen LogP contribution in [0.4, 0.5) is 5.69 Å². The van der Waals surface area contributed by atoms with Crippen LogP contribution in [0.3, 0.4) is 0 Å². The Kier molecular flexibility index (Phi) is 3.21. The van der Waals surface area contributed by atoms with Crippen LogP contribution in [-0.2, 0) is 6.54 Å². The van der Waals surface area contributed by atoms with Gasteiger partial charge in [0.25, 0.3) is 0 Å². The van der Waals surface area contributed by atoms with Crippen molar-refractivity contribution in [3.8, 4) is 0 Å². The first-order chi connectivity index (χ1) is 12.5. The van der Waals surface area contributed by atoms with Gasteiger partial charge in [-0.2, -0.15) is 0 Å². The van der Waals surface area contributed by atoms with Crippen LogP contribution in [0.25, 0.3) is 0 Å². The van der Waals surface area contributed by atoms with Crippen LogP contribution in [0.5, 0.6) is 0 Å². The lowest BCUT2D eigenvalue weighted by Gasteiger charge is -2.27. The fourth-order valence-electron chi connectivity index (χ4n) is 2.74. The molecule has 1 aliphatic rings. The van der Waals surface area contributed by atoms with E-state index in [1.54, 1.807) is 0 Å². The van der Waals surface area contributed by atoms with E-state index in [1.807, 2.05) is 35.2 Å². The van der Waals surface area contributed by atoms with Crippen molar-refractivity contribution in [1.29, 1.82) is 0 Å². The predicted molar refractivity (Wildman–Crippen MR) is 89.6 cm³/mol. The van der Waals surface area contributed by atoms with Gasteiger partial charge in [0.05, 0.1) is 6.85 Å². The standard InChI is InChI=1S/C19H24N2/c1-3-9-18(10-4-1)17-21(19-11-5-2-6-12-19)16-15-20-13-7-8-14-20/h1-6,9-12H,7-8,13-17H2/i2D,5D,6D,11D,12D. The Labute approximate surface area is 135 Å². The van der Waals surface area contributed by atoms with E-state index >= 15 is 0 Å². The van der Waals surface area contributed by atoms with Gasteiger partial charge in [0, 0.05) is 25.3 Å². The molecule has 0 aliphatic carbocycles. The van der Waals surface area contributed by atoms with Crippen LogP contribution >= 0.6 is 0 Å². The summed E-state index contributed by atoms with van der Waals surface area (Å²) >= 11 is 0. The highest BCUT2D eigenvalue weighted by Gasteiger charge is 2.13. The second-order valence-electron chi connectivity index (χ2n) is 5.43. The summed E-state index contributed by atoms with van der Waals surface area (Å²) in [4.78, 5) is 4.29. The minimum Gasteiger partial charge on any atom is -0.366 e. The average Bonchev–Trinajstić information content (AvgIpc) is 3.17. The lowest BCUT2D eigenvalue weighted by Crippen LogP contribution is -2.33. The Hall–Kier alpha value is -1.80. The first-order valence-corrected chi connectivity index (χ1v) is 7.57. The Morgan fingerprint density at radius 2 is 1.71 bits per heavy atom. The molecule has 0 atom stereocenters. The van der Waals surface area contributed by atoms with Crippen molar-refractivity contribution in [3.05, 3.63) is 66.1 Å². The van der Waals surface area contributed by atoms with Crippen molar-refractivity contribution in [3.63, 3.8) is 0 Å². The lowest BCUT2D eigenvalue weighted by atomic mass is 10.2. The fourth-order valence-corrected chi connectivity index (χ4v) is 2.74. The van der Waals surface area contributed by atoms with Crippen LogP contribution in [-0.4, -0.2) is 31.1 Å². The van der Waals surface area contributed by atoms with Gasteiger partial charge in [-0.05, 0) is 43.6 Å². The van der Waals surface area contributed by atoms with E-state index in [4.69, 9.17) is 6.85 Å². The summed E-state index contributed by atoms with van der Waals surface area (Å²) in [6.07, 6.45) is 2.40. The maximum absolute atomic E-state index is 8.29. The Morgan fingerprint density at radius 3 is 2.43 bits per heavy atom. The third-order valence-electron chi connectivity index (χ3n) is 3.90. The van der Waals surface area contributed by atoms with Crippen LogP contribution in [0.15, 0.2) is 60.5 Å². The molecule has 0 radical (unpaired) electrons. The highest BCUT2D eigenvalue weighted by atomic mass is 15.2. The first kappa shape index (κ1) is 9.26. The summed E-state index contributed by atoms with van der Waals surface area (Å²) in [7, 11) is 0. The lowest BCUT2D eigenvalue weighted by molar-refractivity contribution is 0.344. The molecule has 0 spiro atoms. The molecule has 1 fully saturated rings. The Morgan fingerprint density at radius 1 is 1.00 bits per heavy atom. The van der Waals surface area contributed by atoms with Gasteiger partial charge < -0.3 is 9.80 Å². The molecule has 2 aromatic carbocycles. The first-order valence-electron chi connectivity index (χ1n) is 10.1. The minimum atomic E-state index is -0.344. The van der Waals surface area contributed by atoms with Crippen molar-refractivity contribution in [1.82, 2.24) is 4.90 Å². The molecule has 2 aromatic rings. The van der Waals surface area contributed by atoms with Gasteiger partial charge in [-0.15, -0.1) is 0 Å². The highest BCUT2D eigenvalue weighted by Crippen LogP contribution is 2.17. The maximum atomic E-state index is 8.29. The molecule has 1 heterocycles. The molecular formula is C19H24N2. The topological polar surface area (TPSA) is 6.48 Å². The molecule has 110 valence electrons. The van der Waals surface area contributed by atoms with Crippen molar-refractivity contribution in [2.75, 3.05) is 31.1 Å². The van der Waals surface area contributed by atoms with Gasteiger partial charge in [-0.1, -0.05) is 48.5 Å². The predicted octanol–water partition coefficient (Wildman–Crippen LogP) is 3.79. The van der Waals surface area contributed by atoms with Crippen molar-refractivity contribution < 1.29 is 6.85 Å². The number of hydrogen-bond donors (Lipinski definition) is 0. The number of benzene rings is 2. The van der Waals surface area contributed by atoms with Gasteiger partial charge in [-0.25, -0.2) is 0 Å². The summed E-state index contributed by atoms with van der Waals surface area (Å²) in [5.74, 6) is 0. The van der Waals surface area contributed by atoms with E-state index in [-0.39, 0.29) is 30.2 Å². The second kappa shape index (κ2) is 7.28. The molecule has 1 aliphatic heterocycles. The number of nitrogens with zero attached hydrogens (tertiary/aromatic N) is 2. The number of likely N-dealkylation sites (tertiary alicyclic amines) is 1. The summed E-state index contributed by atoms with van der Waals surface area (Å²) in [6.45, 7) is 4.11. The van der Waals surface area contributed by atoms with E-state index in [0.717, 1.165) is 25.2 Å². The molecule has 0 saturated carbocycles. The van der Waals surface area contributed by atoms with E-state index < -0.39 is 0 Å². The third kappa shape index (κ3) is 4.08. The Balaban J connectivity index is 1.94. The minimum absolute atomic E-state index is 0.131. The number of rotatable bonds is 6.